The van der Waals surface area contributed by atoms with E-state index in [0.717, 1.165) is 45.7 Å². The summed E-state index contributed by atoms with van der Waals surface area (Å²) in [6.07, 6.45) is 0. The molecule has 4 rings (SSSR count). The summed E-state index contributed by atoms with van der Waals surface area (Å²) in [4.78, 5) is 0. The molecule has 0 saturated heterocycles. The fraction of sp³-hybridized carbons (Fsp3) is 0.235. The van der Waals surface area contributed by atoms with Crippen molar-refractivity contribution in [3.63, 3.8) is 0 Å². The van der Waals surface area contributed by atoms with Crippen LogP contribution in [0.15, 0.2) is 97.1 Å². The van der Waals surface area contributed by atoms with Crippen LogP contribution in [0.4, 0.5) is 22.7 Å². The predicted molar refractivity (Wildman–Crippen MR) is 205 cm³/mol. The highest BCUT2D eigenvalue weighted by molar-refractivity contribution is 7.81. The molecule has 0 aliphatic rings. The normalized spacial score (nSPS) is 9.48. The average Bonchev–Trinajstić information content (AvgIpc) is 3.02. The van der Waals surface area contributed by atoms with E-state index in [1.54, 1.807) is 0 Å². The van der Waals surface area contributed by atoms with Gasteiger partial charge in [-0.2, -0.15) is 0 Å². The highest BCUT2D eigenvalue weighted by atomic mass is 35.5. The SMILES string of the molecule is CCOc1ccc(NC(=S)Nc2ccc(OCC)cc2)cc1.CCOc1ccc(NC(=S)Nc2ccc(OCC)cc2)cc1.Cl.Cl. The molecule has 46 heavy (non-hydrogen) atoms. The number of thiocarbonyl (C=S) groups is 2. The van der Waals surface area contributed by atoms with Gasteiger partial charge in [-0.25, -0.2) is 0 Å². The lowest BCUT2D eigenvalue weighted by atomic mass is 10.3. The number of anilines is 4. The lowest BCUT2D eigenvalue weighted by molar-refractivity contribution is 0.340. The van der Waals surface area contributed by atoms with Crippen LogP contribution in [-0.2, 0) is 0 Å². The summed E-state index contributed by atoms with van der Waals surface area (Å²) in [6.45, 7) is 10.5. The van der Waals surface area contributed by atoms with E-state index in [1.165, 1.54) is 0 Å². The zero-order chi connectivity index (χ0) is 31.6. The molecule has 0 amide bonds. The molecule has 4 aromatic rings. The Hall–Kier alpha value is -3.96. The molecule has 4 N–H and O–H groups in total. The third kappa shape index (κ3) is 14.9. The summed E-state index contributed by atoms with van der Waals surface area (Å²) in [5.41, 5.74) is 3.64. The van der Waals surface area contributed by atoms with Gasteiger partial charge in [0.05, 0.1) is 26.4 Å². The van der Waals surface area contributed by atoms with Gasteiger partial charge in [-0.1, -0.05) is 0 Å². The lowest BCUT2D eigenvalue weighted by Gasteiger charge is -2.12. The highest BCUT2D eigenvalue weighted by Gasteiger charge is 2.02. The fourth-order valence-corrected chi connectivity index (χ4v) is 4.26. The van der Waals surface area contributed by atoms with Crippen molar-refractivity contribution in [3.8, 4) is 23.0 Å². The maximum atomic E-state index is 5.40. The minimum atomic E-state index is 0. The van der Waals surface area contributed by atoms with Crippen molar-refractivity contribution in [2.45, 2.75) is 27.7 Å². The van der Waals surface area contributed by atoms with Gasteiger partial charge in [0.25, 0.3) is 0 Å². The zero-order valence-corrected chi connectivity index (χ0v) is 29.6. The molecule has 8 nitrogen and oxygen atoms in total. The van der Waals surface area contributed by atoms with Crippen molar-refractivity contribution < 1.29 is 18.9 Å². The Morgan fingerprint density at radius 2 is 0.565 bits per heavy atom. The van der Waals surface area contributed by atoms with Crippen LogP contribution < -0.4 is 40.2 Å². The van der Waals surface area contributed by atoms with Crippen LogP contribution in [0.1, 0.15) is 27.7 Å². The minimum Gasteiger partial charge on any atom is -0.494 e. The molecule has 248 valence electrons. The number of rotatable bonds is 12. The molecule has 0 aliphatic carbocycles. The standard InChI is InChI=1S/2C17H20N2O2S.2ClH/c2*1-3-20-15-9-5-13(6-10-15)18-17(22)19-14-7-11-16(12-8-14)21-4-2;;/h2*5-12H,3-4H2,1-2H3,(H2,18,19,22);2*1H. The quantitative estimate of drug-likeness (QED) is 0.107. The van der Waals surface area contributed by atoms with Crippen LogP contribution in [0.5, 0.6) is 23.0 Å². The summed E-state index contributed by atoms with van der Waals surface area (Å²) < 4.78 is 21.6. The maximum Gasteiger partial charge on any atom is 0.175 e. The van der Waals surface area contributed by atoms with Crippen molar-refractivity contribution in [2.75, 3.05) is 47.7 Å². The smallest absolute Gasteiger partial charge is 0.175 e. The van der Waals surface area contributed by atoms with Gasteiger partial charge in [-0.3, -0.25) is 0 Å². The number of nitrogens with one attached hydrogen (secondary N) is 4. The molecule has 4 aromatic carbocycles. The van der Waals surface area contributed by atoms with E-state index in [-0.39, 0.29) is 24.8 Å². The summed E-state index contributed by atoms with van der Waals surface area (Å²) in [7, 11) is 0. The van der Waals surface area contributed by atoms with Crippen molar-refractivity contribution >= 4 is 82.2 Å². The summed E-state index contributed by atoms with van der Waals surface area (Å²) in [6, 6.07) is 30.7. The second-order valence-corrected chi connectivity index (χ2v) is 9.80. The van der Waals surface area contributed by atoms with Gasteiger partial charge < -0.3 is 40.2 Å². The predicted octanol–water partition coefficient (Wildman–Crippen LogP) is 9.43. The Labute approximate surface area is 295 Å². The first-order valence-corrected chi connectivity index (χ1v) is 15.3. The van der Waals surface area contributed by atoms with E-state index < -0.39 is 0 Å². The molecule has 0 atom stereocenters. The van der Waals surface area contributed by atoms with E-state index in [1.807, 2.05) is 125 Å². The van der Waals surface area contributed by atoms with E-state index >= 15 is 0 Å². The van der Waals surface area contributed by atoms with E-state index in [9.17, 15) is 0 Å². The first-order chi connectivity index (χ1) is 21.4. The highest BCUT2D eigenvalue weighted by Crippen LogP contribution is 2.19. The topological polar surface area (TPSA) is 85.0 Å². The van der Waals surface area contributed by atoms with Crippen LogP contribution in [-0.4, -0.2) is 36.7 Å². The monoisotopic (exact) mass is 704 g/mol. The van der Waals surface area contributed by atoms with Gasteiger partial charge in [0.1, 0.15) is 23.0 Å². The second-order valence-electron chi connectivity index (χ2n) is 8.99. The van der Waals surface area contributed by atoms with Crippen LogP contribution in [0.2, 0.25) is 0 Å². The third-order valence-electron chi connectivity index (χ3n) is 5.69. The Morgan fingerprint density at radius 1 is 0.391 bits per heavy atom. The first kappa shape index (κ1) is 40.1. The van der Waals surface area contributed by atoms with Gasteiger partial charge >= 0.3 is 0 Å². The van der Waals surface area contributed by atoms with Crippen LogP contribution in [0, 0.1) is 0 Å². The van der Waals surface area contributed by atoms with Gasteiger partial charge in [0.2, 0.25) is 0 Å². The molecule has 0 spiro atoms. The number of ether oxygens (including phenoxy) is 4. The van der Waals surface area contributed by atoms with Gasteiger partial charge in [-0.05, 0) is 149 Å². The lowest BCUT2D eigenvalue weighted by Crippen LogP contribution is -2.18. The van der Waals surface area contributed by atoms with E-state index in [0.29, 0.717) is 36.7 Å². The molecule has 0 radical (unpaired) electrons. The number of hydrogen-bond acceptors (Lipinski definition) is 6. The molecule has 0 aromatic heterocycles. The molecule has 0 saturated carbocycles. The third-order valence-corrected chi connectivity index (χ3v) is 6.10. The summed E-state index contributed by atoms with van der Waals surface area (Å²) in [5, 5.41) is 13.6. The zero-order valence-electron chi connectivity index (χ0n) is 26.3. The summed E-state index contributed by atoms with van der Waals surface area (Å²) >= 11 is 10.6. The fourth-order valence-electron chi connectivity index (χ4n) is 3.79. The second kappa shape index (κ2) is 22.5. The Bertz CT molecular complexity index is 1210. The average molecular weight is 706 g/mol. The summed E-state index contributed by atoms with van der Waals surface area (Å²) in [5.74, 6) is 3.38. The van der Waals surface area contributed by atoms with Crippen molar-refractivity contribution in [2.24, 2.45) is 0 Å². The van der Waals surface area contributed by atoms with Gasteiger partial charge in [0.15, 0.2) is 10.2 Å². The molecule has 12 heteroatoms. The van der Waals surface area contributed by atoms with Gasteiger partial charge in [0, 0.05) is 22.7 Å². The maximum absolute atomic E-state index is 5.40. The van der Waals surface area contributed by atoms with Crippen molar-refractivity contribution in [1.29, 1.82) is 0 Å². The molecule has 0 unspecified atom stereocenters. The Balaban J connectivity index is 0.000000441. The largest absolute Gasteiger partial charge is 0.494 e. The first-order valence-electron chi connectivity index (χ1n) is 14.5. The Morgan fingerprint density at radius 3 is 0.717 bits per heavy atom. The van der Waals surface area contributed by atoms with E-state index in [4.69, 9.17) is 43.4 Å². The minimum absolute atomic E-state index is 0. The van der Waals surface area contributed by atoms with E-state index in [2.05, 4.69) is 21.3 Å². The molecular formula is C34H42Cl2N4O4S2. The molecular weight excluding hydrogens is 663 g/mol. The van der Waals surface area contributed by atoms with Crippen LogP contribution >= 0.6 is 49.2 Å². The molecule has 0 heterocycles. The molecule has 0 fully saturated rings. The van der Waals surface area contributed by atoms with Crippen LogP contribution in [0.3, 0.4) is 0 Å². The number of benzene rings is 4. The Kier molecular flexibility index (Phi) is 19.6. The number of halogens is 2. The molecule has 0 bridgehead atoms. The van der Waals surface area contributed by atoms with Crippen LogP contribution in [0.25, 0.3) is 0 Å². The number of hydrogen-bond donors (Lipinski definition) is 4. The van der Waals surface area contributed by atoms with Crippen molar-refractivity contribution in [1.82, 2.24) is 0 Å². The molecule has 0 aliphatic heterocycles. The van der Waals surface area contributed by atoms with Gasteiger partial charge in [-0.15, -0.1) is 24.8 Å². The van der Waals surface area contributed by atoms with Crippen molar-refractivity contribution in [3.05, 3.63) is 97.1 Å².